The Morgan fingerprint density at radius 1 is 1.31 bits per heavy atom. The molecule has 70 valence electrons. The number of hydrogen-bond acceptors (Lipinski definition) is 1. The molecule has 0 N–H and O–H groups in total. The molecule has 13 heavy (non-hydrogen) atoms. The topological polar surface area (TPSA) is 9.23 Å². The fraction of sp³-hybridized carbons (Fsp3) is 0.455. The SMILES string of the molecule is CC1CCOC(c2ccccc2)P1. The minimum Gasteiger partial charge on any atom is -0.369 e. The van der Waals surface area contributed by atoms with Gasteiger partial charge in [-0.2, -0.15) is 0 Å². The van der Waals surface area contributed by atoms with Crippen LogP contribution in [-0.2, 0) is 4.74 Å². The number of benzene rings is 1. The van der Waals surface area contributed by atoms with Crippen LogP contribution < -0.4 is 0 Å². The van der Waals surface area contributed by atoms with Crippen LogP contribution in [0, 0.1) is 0 Å². The largest absolute Gasteiger partial charge is 0.369 e. The average molecular weight is 194 g/mol. The lowest BCUT2D eigenvalue weighted by Gasteiger charge is -2.27. The Kier molecular flexibility index (Phi) is 2.97. The standard InChI is InChI=1S/C11H15OP/c1-9-7-8-12-11(13-9)10-5-3-2-4-6-10/h2-6,9,11,13H,7-8H2,1H3. The zero-order chi connectivity index (χ0) is 9.10. The Morgan fingerprint density at radius 2 is 2.08 bits per heavy atom. The maximum atomic E-state index is 5.75. The first-order chi connectivity index (χ1) is 6.36. The van der Waals surface area contributed by atoms with Crippen molar-refractivity contribution in [2.45, 2.75) is 24.8 Å². The zero-order valence-electron chi connectivity index (χ0n) is 7.86. The van der Waals surface area contributed by atoms with Crippen LogP contribution in [-0.4, -0.2) is 12.3 Å². The van der Waals surface area contributed by atoms with Gasteiger partial charge >= 0.3 is 0 Å². The van der Waals surface area contributed by atoms with E-state index in [1.807, 2.05) is 0 Å². The van der Waals surface area contributed by atoms with Crippen LogP contribution in [0.25, 0.3) is 0 Å². The summed E-state index contributed by atoms with van der Waals surface area (Å²) < 4.78 is 5.75. The average Bonchev–Trinajstić information content (AvgIpc) is 2.19. The summed E-state index contributed by atoms with van der Waals surface area (Å²) in [7, 11) is 0.922. The van der Waals surface area contributed by atoms with Crippen LogP contribution in [0.5, 0.6) is 0 Å². The minimum absolute atomic E-state index is 0.366. The van der Waals surface area contributed by atoms with E-state index in [0.29, 0.717) is 5.85 Å². The second kappa shape index (κ2) is 4.21. The molecule has 1 aromatic rings. The molecule has 1 aromatic carbocycles. The summed E-state index contributed by atoms with van der Waals surface area (Å²) in [6.45, 7) is 3.24. The molecule has 1 heterocycles. The summed E-state index contributed by atoms with van der Waals surface area (Å²) in [6, 6.07) is 10.6. The van der Waals surface area contributed by atoms with E-state index in [0.717, 1.165) is 20.8 Å². The Labute approximate surface area is 81.3 Å². The quantitative estimate of drug-likeness (QED) is 0.624. The van der Waals surface area contributed by atoms with Gasteiger partial charge in [-0.15, -0.1) is 0 Å². The predicted molar refractivity (Wildman–Crippen MR) is 57.5 cm³/mol. The third-order valence-electron chi connectivity index (χ3n) is 2.37. The third-order valence-corrected chi connectivity index (χ3v) is 4.03. The maximum Gasteiger partial charge on any atom is 0.0987 e. The van der Waals surface area contributed by atoms with Gasteiger partial charge in [0.25, 0.3) is 0 Å². The van der Waals surface area contributed by atoms with Crippen LogP contribution in [0.2, 0.25) is 0 Å². The molecule has 0 radical (unpaired) electrons. The van der Waals surface area contributed by atoms with Crippen LogP contribution >= 0.6 is 8.58 Å². The van der Waals surface area contributed by atoms with E-state index < -0.39 is 0 Å². The van der Waals surface area contributed by atoms with E-state index in [1.54, 1.807) is 0 Å². The smallest absolute Gasteiger partial charge is 0.0987 e. The predicted octanol–water partition coefficient (Wildman–Crippen LogP) is 3.17. The summed E-state index contributed by atoms with van der Waals surface area (Å²) in [5.41, 5.74) is 2.17. The summed E-state index contributed by atoms with van der Waals surface area (Å²) in [4.78, 5) is 0. The van der Waals surface area contributed by atoms with Gasteiger partial charge in [0.2, 0.25) is 0 Å². The normalized spacial score (nSPS) is 30.5. The summed E-state index contributed by atoms with van der Waals surface area (Å²) in [5.74, 6) is 0.366. The molecule has 1 nitrogen and oxygen atoms in total. The molecule has 2 rings (SSSR count). The van der Waals surface area contributed by atoms with E-state index in [1.165, 1.54) is 12.0 Å². The van der Waals surface area contributed by atoms with Crippen molar-refractivity contribution in [3.63, 3.8) is 0 Å². The molecule has 1 fully saturated rings. The van der Waals surface area contributed by atoms with Gasteiger partial charge in [0, 0.05) is 6.61 Å². The number of ether oxygens (including phenoxy) is 1. The molecular formula is C11H15OP. The first kappa shape index (κ1) is 9.18. The molecule has 1 saturated heterocycles. The van der Waals surface area contributed by atoms with Crippen LogP contribution in [0.1, 0.15) is 24.8 Å². The molecule has 2 heteroatoms. The molecule has 3 atom stereocenters. The van der Waals surface area contributed by atoms with E-state index >= 15 is 0 Å². The maximum absolute atomic E-state index is 5.75. The summed E-state index contributed by atoms with van der Waals surface area (Å²) in [5, 5.41) is 0. The van der Waals surface area contributed by atoms with Gasteiger partial charge in [-0.3, -0.25) is 0 Å². The van der Waals surface area contributed by atoms with E-state index in [9.17, 15) is 0 Å². The van der Waals surface area contributed by atoms with Crippen molar-refractivity contribution in [1.29, 1.82) is 0 Å². The lowest BCUT2D eigenvalue weighted by Crippen LogP contribution is -2.13. The lowest BCUT2D eigenvalue weighted by atomic mass is 10.2. The highest BCUT2D eigenvalue weighted by atomic mass is 31.1. The third kappa shape index (κ3) is 2.30. The highest BCUT2D eigenvalue weighted by Crippen LogP contribution is 2.43. The minimum atomic E-state index is 0.366. The molecule has 0 saturated carbocycles. The molecule has 0 amide bonds. The Morgan fingerprint density at radius 3 is 2.77 bits per heavy atom. The number of hydrogen-bond donors (Lipinski definition) is 0. The lowest BCUT2D eigenvalue weighted by molar-refractivity contribution is 0.0974. The molecule has 1 aliphatic heterocycles. The fourth-order valence-electron chi connectivity index (χ4n) is 1.57. The van der Waals surface area contributed by atoms with Gasteiger partial charge in [0.15, 0.2) is 0 Å². The first-order valence-electron chi connectivity index (χ1n) is 4.79. The Balaban J connectivity index is 2.08. The van der Waals surface area contributed by atoms with Crippen LogP contribution in [0.3, 0.4) is 0 Å². The van der Waals surface area contributed by atoms with E-state index in [4.69, 9.17) is 4.74 Å². The van der Waals surface area contributed by atoms with Crippen molar-refractivity contribution < 1.29 is 4.74 Å². The Hall–Kier alpha value is -0.390. The van der Waals surface area contributed by atoms with Crippen molar-refractivity contribution >= 4 is 8.58 Å². The van der Waals surface area contributed by atoms with Crippen molar-refractivity contribution in [2.75, 3.05) is 6.61 Å². The summed E-state index contributed by atoms with van der Waals surface area (Å²) >= 11 is 0. The van der Waals surface area contributed by atoms with Gasteiger partial charge in [-0.25, -0.2) is 0 Å². The molecular weight excluding hydrogens is 179 g/mol. The first-order valence-corrected chi connectivity index (χ1v) is 5.94. The van der Waals surface area contributed by atoms with Crippen LogP contribution in [0.15, 0.2) is 30.3 Å². The fourth-order valence-corrected chi connectivity index (χ4v) is 2.97. The van der Waals surface area contributed by atoms with Crippen molar-refractivity contribution in [2.24, 2.45) is 0 Å². The molecule has 0 bridgehead atoms. The van der Waals surface area contributed by atoms with Gasteiger partial charge in [-0.1, -0.05) is 45.8 Å². The van der Waals surface area contributed by atoms with Crippen LogP contribution in [0.4, 0.5) is 0 Å². The molecule has 0 aromatic heterocycles. The highest BCUT2D eigenvalue weighted by molar-refractivity contribution is 7.39. The van der Waals surface area contributed by atoms with E-state index in [2.05, 4.69) is 37.3 Å². The van der Waals surface area contributed by atoms with Crippen molar-refractivity contribution in [1.82, 2.24) is 0 Å². The highest BCUT2D eigenvalue weighted by Gasteiger charge is 2.20. The molecule has 1 aliphatic rings. The molecule has 3 unspecified atom stereocenters. The van der Waals surface area contributed by atoms with Gasteiger partial charge in [0.1, 0.15) is 0 Å². The van der Waals surface area contributed by atoms with Gasteiger partial charge < -0.3 is 4.74 Å². The van der Waals surface area contributed by atoms with Crippen molar-refractivity contribution in [3.8, 4) is 0 Å². The molecule has 0 aliphatic carbocycles. The molecule has 0 spiro atoms. The zero-order valence-corrected chi connectivity index (χ0v) is 8.86. The Bertz CT molecular complexity index is 260. The number of rotatable bonds is 1. The monoisotopic (exact) mass is 194 g/mol. The van der Waals surface area contributed by atoms with Gasteiger partial charge in [-0.05, 0) is 17.6 Å². The summed E-state index contributed by atoms with van der Waals surface area (Å²) in [6.07, 6.45) is 1.22. The second-order valence-corrected chi connectivity index (χ2v) is 5.36. The second-order valence-electron chi connectivity index (χ2n) is 3.52. The van der Waals surface area contributed by atoms with E-state index in [-0.39, 0.29) is 0 Å². The van der Waals surface area contributed by atoms with Crippen molar-refractivity contribution in [3.05, 3.63) is 35.9 Å². The van der Waals surface area contributed by atoms with Gasteiger partial charge in [0.05, 0.1) is 5.85 Å².